The summed E-state index contributed by atoms with van der Waals surface area (Å²) in [4.78, 5) is 6.06. The van der Waals surface area contributed by atoms with E-state index in [-0.39, 0.29) is 0 Å². The lowest BCUT2D eigenvalue weighted by Gasteiger charge is -2.12. The van der Waals surface area contributed by atoms with Crippen molar-refractivity contribution in [3.8, 4) is 0 Å². The van der Waals surface area contributed by atoms with Gasteiger partial charge < -0.3 is 15.2 Å². The third-order valence-corrected chi connectivity index (χ3v) is 5.29. The van der Waals surface area contributed by atoms with Gasteiger partial charge in [0.2, 0.25) is 0 Å². The van der Waals surface area contributed by atoms with Gasteiger partial charge in [-0.1, -0.05) is 36.4 Å². The molecule has 0 bridgehead atoms. The number of nitrogens with one attached hydrogen (secondary N) is 2. The fraction of sp³-hybridized carbons (Fsp3) is 0.350. The Balaban J connectivity index is 1.56. The molecule has 2 aromatic heterocycles. The third-order valence-electron chi connectivity index (χ3n) is 4.35. The molecule has 0 fully saturated rings. The Labute approximate surface area is 164 Å². The molecule has 2 heterocycles. The van der Waals surface area contributed by atoms with Crippen LogP contribution in [0.15, 0.2) is 52.8 Å². The molecule has 0 aliphatic heterocycles. The van der Waals surface area contributed by atoms with Gasteiger partial charge >= 0.3 is 0 Å². The van der Waals surface area contributed by atoms with Gasteiger partial charge in [0.1, 0.15) is 12.4 Å². The number of aryl methyl sites for hydroxylation is 1. The van der Waals surface area contributed by atoms with Crippen LogP contribution in [0.3, 0.4) is 0 Å². The highest BCUT2D eigenvalue weighted by Gasteiger charge is 2.05. The predicted molar refractivity (Wildman–Crippen MR) is 111 cm³/mol. The summed E-state index contributed by atoms with van der Waals surface area (Å²) in [5, 5.41) is 17.3. The van der Waals surface area contributed by atoms with Crippen molar-refractivity contribution in [1.82, 2.24) is 25.4 Å². The van der Waals surface area contributed by atoms with E-state index in [2.05, 4.69) is 62.6 Å². The van der Waals surface area contributed by atoms with Crippen LogP contribution in [0, 0.1) is 6.92 Å². The smallest absolute Gasteiger partial charge is 0.191 e. The molecular formula is C20H26N6S. The van der Waals surface area contributed by atoms with Gasteiger partial charge in [-0.3, -0.25) is 0 Å². The van der Waals surface area contributed by atoms with Crippen molar-refractivity contribution in [2.24, 2.45) is 12.0 Å². The highest BCUT2D eigenvalue weighted by molar-refractivity contribution is 7.09. The fourth-order valence-electron chi connectivity index (χ4n) is 2.64. The van der Waals surface area contributed by atoms with Crippen LogP contribution in [0.1, 0.15) is 22.1 Å². The number of thiophene rings is 1. The Morgan fingerprint density at radius 2 is 1.81 bits per heavy atom. The summed E-state index contributed by atoms with van der Waals surface area (Å²) in [7, 11) is 1.97. The number of nitrogens with zero attached hydrogens (tertiary/aromatic N) is 4. The van der Waals surface area contributed by atoms with Crippen LogP contribution in [0.5, 0.6) is 0 Å². The maximum absolute atomic E-state index is 4.69. The zero-order chi connectivity index (χ0) is 18.9. The molecule has 6 nitrogen and oxygen atoms in total. The van der Waals surface area contributed by atoms with Gasteiger partial charge in [0.05, 0.1) is 0 Å². The normalized spacial score (nSPS) is 11.6. The van der Waals surface area contributed by atoms with Crippen LogP contribution in [0.4, 0.5) is 0 Å². The van der Waals surface area contributed by atoms with E-state index >= 15 is 0 Å². The van der Waals surface area contributed by atoms with Crippen molar-refractivity contribution in [1.29, 1.82) is 0 Å². The molecule has 0 amide bonds. The molecule has 27 heavy (non-hydrogen) atoms. The first-order valence-electron chi connectivity index (χ1n) is 9.16. The SMILES string of the molecule is Cc1nnc(CN=C(NCCc2ccccc2)NCCc2cccs2)n1C. The van der Waals surface area contributed by atoms with Gasteiger partial charge in [0.25, 0.3) is 0 Å². The minimum atomic E-state index is 0.497. The van der Waals surface area contributed by atoms with E-state index in [1.165, 1.54) is 10.4 Å². The first kappa shape index (κ1) is 19.1. The monoisotopic (exact) mass is 382 g/mol. The molecule has 1 aromatic carbocycles. The molecule has 0 saturated carbocycles. The minimum absolute atomic E-state index is 0.497. The van der Waals surface area contributed by atoms with Gasteiger partial charge in [0, 0.05) is 25.0 Å². The Bertz CT molecular complexity index is 839. The van der Waals surface area contributed by atoms with Gasteiger partial charge in [-0.05, 0) is 36.8 Å². The second-order valence-electron chi connectivity index (χ2n) is 6.31. The molecule has 0 unspecified atom stereocenters. The van der Waals surface area contributed by atoms with E-state index in [9.17, 15) is 0 Å². The lowest BCUT2D eigenvalue weighted by atomic mass is 10.1. The van der Waals surface area contributed by atoms with Crippen LogP contribution < -0.4 is 10.6 Å². The molecule has 0 atom stereocenters. The largest absolute Gasteiger partial charge is 0.356 e. The summed E-state index contributed by atoms with van der Waals surface area (Å²) >= 11 is 1.78. The highest BCUT2D eigenvalue weighted by Crippen LogP contribution is 2.08. The summed E-state index contributed by atoms with van der Waals surface area (Å²) in [6.07, 6.45) is 1.94. The fourth-order valence-corrected chi connectivity index (χ4v) is 3.35. The summed E-state index contributed by atoms with van der Waals surface area (Å²) in [5.74, 6) is 2.56. The predicted octanol–water partition coefficient (Wildman–Crippen LogP) is 2.71. The molecular weight excluding hydrogens is 356 g/mol. The van der Waals surface area contributed by atoms with E-state index in [1.807, 2.05) is 24.6 Å². The highest BCUT2D eigenvalue weighted by atomic mass is 32.1. The molecule has 0 saturated heterocycles. The minimum Gasteiger partial charge on any atom is -0.356 e. The van der Waals surface area contributed by atoms with E-state index in [0.29, 0.717) is 6.54 Å². The molecule has 3 aromatic rings. The topological polar surface area (TPSA) is 67.1 Å². The number of aromatic nitrogens is 3. The number of hydrogen-bond donors (Lipinski definition) is 2. The van der Waals surface area contributed by atoms with Crippen molar-refractivity contribution in [2.75, 3.05) is 13.1 Å². The zero-order valence-corrected chi connectivity index (χ0v) is 16.7. The molecule has 0 radical (unpaired) electrons. The summed E-state index contributed by atoms with van der Waals surface area (Å²) in [6, 6.07) is 14.7. The molecule has 0 aliphatic carbocycles. The molecule has 2 N–H and O–H groups in total. The van der Waals surface area contributed by atoms with Gasteiger partial charge in [-0.25, -0.2) is 4.99 Å². The van der Waals surface area contributed by atoms with Crippen LogP contribution >= 0.6 is 11.3 Å². The number of hydrogen-bond acceptors (Lipinski definition) is 4. The molecule has 0 spiro atoms. The molecule has 3 rings (SSSR count). The van der Waals surface area contributed by atoms with Crippen molar-refractivity contribution < 1.29 is 0 Å². The second-order valence-corrected chi connectivity index (χ2v) is 7.34. The van der Waals surface area contributed by atoms with Crippen molar-refractivity contribution in [3.63, 3.8) is 0 Å². The van der Waals surface area contributed by atoms with Crippen LogP contribution in [0.25, 0.3) is 0 Å². The van der Waals surface area contributed by atoms with E-state index in [0.717, 1.165) is 43.5 Å². The quantitative estimate of drug-likeness (QED) is 0.464. The Kier molecular flexibility index (Phi) is 6.98. The summed E-state index contributed by atoms with van der Waals surface area (Å²) in [6.45, 7) is 4.11. The van der Waals surface area contributed by atoms with E-state index in [1.54, 1.807) is 11.3 Å². The maximum Gasteiger partial charge on any atom is 0.191 e. The maximum atomic E-state index is 4.69. The van der Waals surface area contributed by atoms with Crippen molar-refractivity contribution in [2.45, 2.75) is 26.3 Å². The zero-order valence-electron chi connectivity index (χ0n) is 15.9. The van der Waals surface area contributed by atoms with Gasteiger partial charge in [-0.15, -0.1) is 21.5 Å². The van der Waals surface area contributed by atoms with Gasteiger partial charge in [0.15, 0.2) is 11.8 Å². The average molecular weight is 383 g/mol. The van der Waals surface area contributed by atoms with E-state index in [4.69, 9.17) is 4.99 Å². The first-order chi connectivity index (χ1) is 13.2. The number of rotatable bonds is 8. The Morgan fingerprint density at radius 1 is 1.04 bits per heavy atom. The van der Waals surface area contributed by atoms with Crippen molar-refractivity contribution in [3.05, 3.63) is 69.9 Å². The van der Waals surface area contributed by atoms with Crippen LogP contribution in [-0.2, 0) is 26.4 Å². The molecule has 0 aliphatic rings. The first-order valence-corrected chi connectivity index (χ1v) is 10.0. The lowest BCUT2D eigenvalue weighted by Crippen LogP contribution is -2.39. The molecule has 142 valence electrons. The number of aliphatic imine (C=N–C) groups is 1. The third kappa shape index (κ3) is 5.92. The number of guanidine groups is 1. The second kappa shape index (κ2) is 9.87. The van der Waals surface area contributed by atoms with E-state index < -0.39 is 0 Å². The lowest BCUT2D eigenvalue weighted by molar-refractivity contribution is 0.746. The van der Waals surface area contributed by atoms with Crippen molar-refractivity contribution >= 4 is 17.3 Å². The summed E-state index contributed by atoms with van der Waals surface area (Å²) in [5.41, 5.74) is 1.31. The number of benzene rings is 1. The van der Waals surface area contributed by atoms with Crippen LogP contribution in [0.2, 0.25) is 0 Å². The Hall–Kier alpha value is -2.67. The standard InChI is InChI=1S/C20H26N6S/c1-16-24-25-19(26(16)2)15-23-20(22-13-11-18-9-6-14-27-18)21-12-10-17-7-4-3-5-8-17/h3-9,14H,10-13,15H2,1-2H3,(H2,21,22,23). The molecule has 7 heteroatoms. The average Bonchev–Trinajstić information content (AvgIpc) is 3.31. The Morgan fingerprint density at radius 3 is 2.48 bits per heavy atom. The summed E-state index contributed by atoms with van der Waals surface area (Å²) < 4.78 is 1.97. The van der Waals surface area contributed by atoms with Crippen LogP contribution in [-0.4, -0.2) is 33.8 Å². The van der Waals surface area contributed by atoms with Gasteiger partial charge in [-0.2, -0.15) is 0 Å².